The van der Waals surface area contributed by atoms with Crippen LogP contribution >= 0.6 is 11.3 Å². The highest BCUT2D eigenvalue weighted by atomic mass is 32.1. The molecule has 0 bridgehead atoms. The Hall–Kier alpha value is -1.88. The Bertz CT molecular complexity index is 619. The maximum Gasteiger partial charge on any atom is 0.251 e. The van der Waals surface area contributed by atoms with Crippen LogP contribution < -0.4 is 10.6 Å². The summed E-state index contributed by atoms with van der Waals surface area (Å²) in [6, 6.07) is 8.02. The van der Waals surface area contributed by atoms with Crippen LogP contribution in [0.25, 0.3) is 0 Å². The van der Waals surface area contributed by atoms with Crippen LogP contribution in [-0.4, -0.2) is 16.9 Å². The molecule has 1 amide bonds. The first kappa shape index (κ1) is 13.1. The summed E-state index contributed by atoms with van der Waals surface area (Å²) in [7, 11) is 0. The summed E-state index contributed by atoms with van der Waals surface area (Å²) in [4.78, 5) is 17.4. The van der Waals surface area contributed by atoms with Crippen LogP contribution in [0.3, 0.4) is 0 Å². The fourth-order valence-electron chi connectivity index (χ4n) is 1.95. The van der Waals surface area contributed by atoms with Gasteiger partial charge in [0.05, 0.1) is 17.7 Å². The van der Waals surface area contributed by atoms with Crippen molar-refractivity contribution in [3.8, 4) is 0 Å². The van der Waals surface area contributed by atoms with Crippen molar-refractivity contribution in [2.75, 3.05) is 5.32 Å². The summed E-state index contributed by atoms with van der Waals surface area (Å²) >= 11 is 1.64. The molecule has 1 aromatic carbocycles. The van der Waals surface area contributed by atoms with E-state index in [-0.39, 0.29) is 5.91 Å². The molecule has 20 heavy (non-hydrogen) atoms. The number of thiazole rings is 1. The van der Waals surface area contributed by atoms with Gasteiger partial charge >= 0.3 is 0 Å². The molecule has 0 unspecified atom stereocenters. The highest BCUT2D eigenvalue weighted by molar-refractivity contribution is 7.09. The standard InChI is InChI=1S/C15H17N3OS/c1-10-14(20-9-17-10)8-16-13-4-2-3-11(7-13)15(19)18-12-5-6-12/h2-4,7,9,12,16H,5-6,8H2,1H3,(H,18,19). The quantitative estimate of drug-likeness (QED) is 0.889. The van der Waals surface area contributed by atoms with Gasteiger partial charge in [-0.3, -0.25) is 4.79 Å². The normalized spacial score (nSPS) is 14.1. The van der Waals surface area contributed by atoms with E-state index in [4.69, 9.17) is 0 Å². The fourth-order valence-corrected chi connectivity index (χ4v) is 2.66. The van der Waals surface area contributed by atoms with Gasteiger partial charge in [-0.2, -0.15) is 0 Å². The maximum absolute atomic E-state index is 12.0. The molecule has 0 aliphatic heterocycles. The number of nitrogens with zero attached hydrogens (tertiary/aromatic N) is 1. The van der Waals surface area contributed by atoms with Crippen LogP contribution in [-0.2, 0) is 6.54 Å². The number of rotatable bonds is 5. The lowest BCUT2D eigenvalue weighted by Crippen LogP contribution is -2.25. The first-order valence-corrected chi connectivity index (χ1v) is 7.64. The largest absolute Gasteiger partial charge is 0.380 e. The molecule has 1 heterocycles. The Balaban J connectivity index is 1.64. The average molecular weight is 287 g/mol. The third-order valence-electron chi connectivity index (χ3n) is 3.34. The van der Waals surface area contributed by atoms with Crippen LogP contribution in [0.15, 0.2) is 29.8 Å². The van der Waals surface area contributed by atoms with Gasteiger partial charge in [-0.25, -0.2) is 4.98 Å². The van der Waals surface area contributed by atoms with Crippen molar-refractivity contribution in [1.29, 1.82) is 0 Å². The molecule has 1 saturated carbocycles. The molecule has 0 saturated heterocycles. The lowest BCUT2D eigenvalue weighted by molar-refractivity contribution is 0.0951. The predicted molar refractivity (Wildman–Crippen MR) is 81.1 cm³/mol. The molecule has 0 atom stereocenters. The number of aryl methyl sites for hydroxylation is 1. The SMILES string of the molecule is Cc1ncsc1CNc1cccc(C(=O)NC2CC2)c1. The Morgan fingerprint density at radius 1 is 1.45 bits per heavy atom. The van der Waals surface area contributed by atoms with Crippen LogP contribution in [0.1, 0.15) is 33.8 Å². The topological polar surface area (TPSA) is 54.0 Å². The number of aromatic nitrogens is 1. The number of carbonyl (C=O) groups is 1. The van der Waals surface area contributed by atoms with Gasteiger partial charge in [0.2, 0.25) is 0 Å². The number of hydrogen-bond donors (Lipinski definition) is 2. The molecule has 2 N–H and O–H groups in total. The molecule has 104 valence electrons. The smallest absolute Gasteiger partial charge is 0.251 e. The molecule has 0 spiro atoms. The van der Waals surface area contributed by atoms with Crippen LogP contribution in [0.5, 0.6) is 0 Å². The summed E-state index contributed by atoms with van der Waals surface area (Å²) in [5.74, 6) is 0.0186. The average Bonchev–Trinajstić information content (AvgIpc) is 3.17. The third-order valence-corrected chi connectivity index (χ3v) is 4.27. The maximum atomic E-state index is 12.0. The van der Waals surface area contributed by atoms with E-state index in [0.29, 0.717) is 11.6 Å². The van der Waals surface area contributed by atoms with Gasteiger partial charge in [-0.1, -0.05) is 6.07 Å². The lowest BCUT2D eigenvalue weighted by atomic mass is 10.2. The zero-order valence-electron chi connectivity index (χ0n) is 11.3. The van der Waals surface area contributed by atoms with E-state index in [1.54, 1.807) is 11.3 Å². The second-order valence-corrected chi connectivity index (χ2v) is 5.98. The van der Waals surface area contributed by atoms with Crippen molar-refractivity contribution in [3.63, 3.8) is 0 Å². The Kier molecular flexibility index (Phi) is 3.69. The number of amides is 1. The van der Waals surface area contributed by atoms with E-state index in [2.05, 4.69) is 15.6 Å². The van der Waals surface area contributed by atoms with Crippen LogP contribution in [0.4, 0.5) is 5.69 Å². The third kappa shape index (κ3) is 3.17. The summed E-state index contributed by atoms with van der Waals surface area (Å²) in [5, 5.41) is 6.34. The summed E-state index contributed by atoms with van der Waals surface area (Å²) < 4.78 is 0. The lowest BCUT2D eigenvalue weighted by Gasteiger charge is -2.08. The predicted octanol–water partition coefficient (Wildman–Crippen LogP) is 2.96. The highest BCUT2D eigenvalue weighted by Gasteiger charge is 2.23. The summed E-state index contributed by atoms with van der Waals surface area (Å²) in [6.07, 6.45) is 2.21. The van der Waals surface area contributed by atoms with Gasteiger partial charge in [0, 0.05) is 22.2 Å². The minimum Gasteiger partial charge on any atom is -0.380 e. The van der Waals surface area contributed by atoms with Crippen molar-refractivity contribution in [1.82, 2.24) is 10.3 Å². The number of anilines is 1. The number of benzene rings is 1. The van der Waals surface area contributed by atoms with Crippen molar-refractivity contribution < 1.29 is 4.79 Å². The van der Waals surface area contributed by atoms with Crippen LogP contribution in [0, 0.1) is 6.92 Å². The Labute approximate surface area is 122 Å². The summed E-state index contributed by atoms with van der Waals surface area (Å²) in [6.45, 7) is 2.75. The monoisotopic (exact) mass is 287 g/mol. The van der Waals surface area contributed by atoms with Gasteiger partial charge in [-0.15, -0.1) is 11.3 Å². The molecule has 1 fully saturated rings. The van der Waals surface area contributed by atoms with E-state index in [1.807, 2.05) is 36.7 Å². The summed E-state index contributed by atoms with van der Waals surface area (Å²) in [5.41, 5.74) is 4.58. The molecule has 3 rings (SSSR count). The molecular weight excluding hydrogens is 270 g/mol. The molecular formula is C15H17N3OS. The zero-order chi connectivity index (χ0) is 13.9. The van der Waals surface area contributed by atoms with Gasteiger partial charge in [-0.05, 0) is 38.0 Å². The van der Waals surface area contributed by atoms with Crippen molar-refractivity contribution in [3.05, 3.63) is 45.9 Å². The van der Waals surface area contributed by atoms with E-state index >= 15 is 0 Å². The number of carbonyl (C=O) groups excluding carboxylic acids is 1. The van der Waals surface area contributed by atoms with Gasteiger partial charge in [0.1, 0.15) is 0 Å². The van der Waals surface area contributed by atoms with E-state index in [9.17, 15) is 4.79 Å². The first-order chi connectivity index (χ1) is 9.72. The van der Waals surface area contributed by atoms with Gasteiger partial charge < -0.3 is 10.6 Å². The molecule has 1 aliphatic carbocycles. The zero-order valence-corrected chi connectivity index (χ0v) is 12.2. The Morgan fingerprint density at radius 3 is 3.00 bits per heavy atom. The van der Waals surface area contributed by atoms with E-state index in [0.717, 1.165) is 30.8 Å². The number of nitrogens with one attached hydrogen (secondary N) is 2. The van der Waals surface area contributed by atoms with Crippen molar-refractivity contribution in [2.45, 2.75) is 32.4 Å². The second kappa shape index (κ2) is 5.63. The van der Waals surface area contributed by atoms with E-state index in [1.165, 1.54) is 4.88 Å². The van der Waals surface area contributed by atoms with E-state index < -0.39 is 0 Å². The first-order valence-electron chi connectivity index (χ1n) is 6.76. The Morgan fingerprint density at radius 2 is 2.30 bits per heavy atom. The number of hydrogen-bond acceptors (Lipinski definition) is 4. The van der Waals surface area contributed by atoms with Crippen LogP contribution in [0.2, 0.25) is 0 Å². The molecule has 2 aromatic rings. The highest BCUT2D eigenvalue weighted by Crippen LogP contribution is 2.20. The molecule has 4 nitrogen and oxygen atoms in total. The molecule has 1 aromatic heterocycles. The van der Waals surface area contributed by atoms with Gasteiger partial charge in [0.15, 0.2) is 0 Å². The van der Waals surface area contributed by atoms with Gasteiger partial charge in [0.25, 0.3) is 5.91 Å². The molecule has 5 heteroatoms. The van der Waals surface area contributed by atoms with Crippen molar-refractivity contribution in [2.24, 2.45) is 0 Å². The molecule has 0 radical (unpaired) electrons. The minimum absolute atomic E-state index is 0.0186. The van der Waals surface area contributed by atoms with Crippen molar-refractivity contribution >= 4 is 22.9 Å². The fraction of sp³-hybridized carbons (Fsp3) is 0.333. The minimum atomic E-state index is 0.0186. The molecule has 1 aliphatic rings. The second-order valence-electron chi connectivity index (χ2n) is 5.04.